The minimum atomic E-state index is -2.37. The summed E-state index contributed by atoms with van der Waals surface area (Å²) in [5, 5.41) is 25.0. The number of esters is 1. The van der Waals surface area contributed by atoms with Crippen LogP contribution in [0.4, 0.5) is 0 Å². The second-order valence-electron chi connectivity index (χ2n) is 7.09. The van der Waals surface area contributed by atoms with Gasteiger partial charge in [-0.2, -0.15) is 0 Å². The van der Waals surface area contributed by atoms with Gasteiger partial charge in [-0.25, -0.2) is 4.79 Å². The van der Waals surface area contributed by atoms with Gasteiger partial charge in [0, 0.05) is 16.8 Å². The van der Waals surface area contributed by atoms with Crippen LogP contribution in [0.3, 0.4) is 0 Å². The summed E-state index contributed by atoms with van der Waals surface area (Å²) in [5.41, 5.74) is -3.88. The predicted molar refractivity (Wildman–Crippen MR) is 88.4 cm³/mol. The van der Waals surface area contributed by atoms with E-state index in [1.54, 1.807) is 25.1 Å². The predicted octanol–water partition coefficient (Wildman–Crippen LogP) is 1.51. The lowest BCUT2D eigenvalue weighted by Crippen LogP contribution is -2.56. The summed E-state index contributed by atoms with van der Waals surface area (Å²) >= 11 is 0. The highest BCUT2D eigenvalue weighted by molar-refractivity contribution is 6.16. The third-order valence-electron chi connectivity index (χ3n) is 5.55. The lowest BCUT2D eigenvalue weighted by atomic mass is 9.85. The van der Waals surface area contributed by atoms with Gasteiger partial charge in [0.2, 0.25) is 17.1 Å². The minimum absolute atomic E-state index is 0.193. The van der Waals surface area contributed by atoms with E-state index >= 15 is 0 Å². The number of hydrogen-bond donors (Lipinski definition) is 3. The fourth-order valence-corrected chi connectivity index (χ4v) is 4.30. The number of carbonyl (C=O) groups is 2. The second kappa shape index (κ2) is 5.41. The van der Waals surface area contributed by atoms with Crippen molar-refractivity contribution in [2.75, 3.05) is 0 Å². The van der Waals surface area contributed by atoms with Crippen molar-refractivity contribution < 1.29 is 24.5 Å². The number of ether oxygens (including phenoxy) is 1. The SMILES string of the molecule is CC1=C(C(=O)OC2CCCCC2)C2(O)C(=O)c3ccccc3C2(O)N1. The van der Waals surface area contributed by atoms with E-state index in [1.807, 2.05) is 0 Å². The van der Waals surface area contributed by atoms with Crippen molar-refractivity contribution in [3.63, 3.8) is 0 Å². The number of ketones is 1. The molecule has 0 aromatic heterocycles. The number of rotatable bonds is 2. The molecule has 4 rings (SSSR count). The van der Waals surface area contributed by atoms with Crippen LogP contribution in [0, 0.1) is 0 Å². The molecule has 1 saturated carbocycles. The van der Waals surface area contributed by atoms with Crippen molar-refractivity contribution in [2.24, 2.45) is 0 Å². The van der Waals surface area contributed by atoms with Crippen molar-refractivity contribution in [1.82, 2.24) is 5.32 Å². The number of aliphatic hydroxyl groups is 2. The molecule has 1 aliphatic heterocycles. The number of carbonyl (C=O) groups excluding carboxylic acids is 2. The first-order chi connectivity index (χ1) is 11.9. The van der Waals surface area contributed by atoms with Crippen LogP contribution in [0.5, 0.6) is 0 Å². The Balaban J connectivity index is 1.71. The Hall–Kier alpha value is -2.18. The zero-order valence-electron chi connectivity index (χ0n) is 14.0. The van der Waals surface area contributed by atoms with Gasteiger partial charge >= 0.3 is 5.97 Å². The molecule has 3 aliphatic rings. The Bertz CT molecular complexity index is 795. The number of nitrogens with one attached hydrogen (secondary N) is 1. The molecule has 1 aromatic rings. The summed E-state index contributed by atoms with van der Waals surface area (Å²) in [6.07, 6.45) is 4.46. The lowest BCUT2D eigenvalue weighted by Gasteiger charge is -2.32. The minimum Gasteiger partial charge on any atom is -0.459 e. The van der Waals surface area contributed by atoms with E-state index in [9.17, 15) is 19.8 Å². The van der Waals surface area contributed by atoms with E-state index < -0.39 is 23.1 Å². The Kier molecular flexibility index (Phi) is 3.53. The molecule has 1 aromatic carbocycles. The third-order valence-corrected chi connectivity index (χ3v) is 5.55. The molecule has 2 atom stereocenters. The monoisotopic (exact) mass is 343 g/mol. The molecule has 132 valence electrons. The fraction of sp³-hybridized carbons (Fsp3) is 0.474. The molecular formula is C19H21NO5. The molecule has 0 spiro atoms. The Morgan fingerprint density at radius 2 is 1.88 bits per heavy atom. The summed E-state index contributed by atoms with van der Waals surface area (Å²) in [6, 6.07) is 6.43. The van der Waals surface area contributed by atoms with Crippen molar-refractivity contribution >= 4 is 11.8 Å². The molecular weight excluding hydrogens is 322 g/mol. The zero-order valence-corrected chi connectivity index (χ0v) is 14.0. The van der Waals surface area contributed by atoms with Crippen LogP contribution < -0.4 is 5.32 Å². The van der Waals surface area contributed by atoms with Crippen molar-refractivity contribution in [3.05, 3.63) is 46.7 Å². The molecule has 3 N–H and O–H groups in total. The van der Waals surface area contributed by atoms with Crippen LogP contribution in [0.15, 0.2) is 35.5 Å². The number of allylic oxidation sites excluding steroid dienone is 1. The Morgan fingerprint density at radius 1 is 1.20 bits per heavy atom. The maximum absolute atomic E-state index is 12.9. The Morgan fingerprint density at radius 3 is 2.60 bits per heavy atom. The van der Waals surface area contributed by atoms with Crippen LogP contribution in [0.2, 0.25) is 0 Å². The standard InChI is InChI=1S/C19H21NO5/c1-11-15(17(22)25-12-7-3-2-4-8-12)18(23)16(21)13-9-5-6-10-14(13)19(18,24)20-11/h5-6,9-10,12,20,23-24H,2-4,7-8H2,1H3. The molecule has 25 heavy (non-hydrogen) atoms. The number of benzene rings is 1. The number of fused-ring (bicyclic) bond motifs is 3. The van der Waals surface area contributed by atoms with Gasteiger partial charge in [-0.1, -0.05) is 30.7 Å². The van der Waals surface area contributed by atoms with Gasteiger partial charge in [-0.15, -0.1) is 0 Å². The highest BCUT2D eigenvalue weighted by Gasteiger charge is 2.70. The molecule has 0 saturated heterocycles. The molecule has 1 fully saturated rings. The zero-order chi connectivity index (χ0) is 17.8. The van der Waals surface area contributed by atoms with Crippen LogP contribution in [-0.2, 0) is 15.3 Å². The van der Waals surface area contributed by atoms with Gasteiger partial charge in [-0.3, -0.25) is 4.79 Å². The van der Waals surface area contributed by atoms with Crippen molar-refractivity contribution in [1.29, 1.82) is 0 Å². The first-order valence-electron chi connectivity index (χ1n) is 8.69. The molecule has 2 aliphatic carbocycles. The molecule has 0 bridgehead atoms. The van der Waals surface area contributed by atoms with E-state index in [1.165, 1.54) is 6.07 Å². The molecule has 6 nitrogen and oxygen atoms in total. The van der Waals surface area contributed by atoms with Crippen LogP contribution in [-0.4, -0.2) is 33.7 Å². The first-order valence-corrected chi connectivity index (χ1v) is 8.69. The molecule has 2 unspecified atom stereocenters. The first kappa shape index (κ1) is 16.3. The van der Waals surface area contributed by atoms with E-state index in [0.29, 0.717) is 0 Å². The molecule has 1 heterocycles. The third kappa shape index (κ3) is 2.04. The quantitative estimate of drug-likeness (QED) is 0.705. The van der Waals surface area contributed by atoms with Gasteiger partial charge < -0.3 is 20.3 Å². The van der Waals surface area contributed by atoms with Crippen LogP contribution >= 0.6 is 0 Å². The summed E-state index contributed by atoms with van der Waals surface area (Å²) in [4.78, 5) is 25.6. The van der Waals surface area contributed by atoms with Gasteiger partial charge in [-0.05, 0) is 32.6 Å². The maximum Gasteiger partial charge on any atom is 0.339 e. The fourth-order valence-electron chi connectivity index (χ4n) is 4.30. The molecule has 0 amide bonds. The van der Waals surface area contributed by atoms with E-state index in [-0.39, 0.29) is 28.5 Å². The topological polar surface area (TPSA) is 95.9 Å². The number of hydrogen-bond acceptors (Lipinski definition) is 6. The average molecular weight is 343 g/mol. The average Bonchev–Trinajstić information content (AvgIpc) is 2.91. The molecule has 0 radical (unpaired) electrons. The highest BCUT2D eigenvalue weighted by Crippen LogP contribution is 2.51. The summed E-state index contributed by atoms with van der Waals surface area (Å²) < 4.78 is 5.55. The summed E-state index contributed by atoms with van der Waals surface area (Å²) in [6.45, 7) is 1.56. The van der Waals surface area contributed by atoms with Crippen molar-refractivity contribution in [3.8, 4) is 0 Å². The van der Waals surface area contributed by atoms with E-state index in [0.717, 1.165) is 32.1 Å². The van der Waals surface area contributed by atoms with Crippen molar-refractivity contribution in [2.45, 2.75) is 56.5 Å². The smallest absolute Gasteiger partial charge is 0.339 e. The van der Waals surface area contributed by atoms with Gasteiger partial charge in [0.15, 0.2) is 0 Å². The molecule has 6 heteroatoms. The van der Waals surface area contributed by atoms with E-state index in [4.69, 9.17) is 4.74 Å². The maximum atomic E-state index is 12.9. The number of Topliss-reactive ketones (excluding diaryl/α,β-unsaturated/α-hetero) is 1. The largest absolute Gasteiger partial charge is 0.459 e. The van der Waals surface area contributed by atoms with Gasteiger partial charge in [0.1, 0.15) is 11.7 Å². The summed E-state index contributed by atoms with van der Waals surface area (Å²) in [5.74, 6) is -1.43. The van der Waals surface area contributed by atoms with Crippen LogP contribution in [0.1, 0.15) is 54.9 Å². The van der Waals surface area contributed by atoms with Gasteiger partial charge in [0.25, 0.3) is 0 Å². The second-order valence-corrected chi connectivity index (χ2v) is 7.09. The van der Waals surface area contributed by atoms with Crippen LogP contribution in [0.25, 0.3) is 0 Å². The highest BCUT2D eigenvalue weighted by atomic mass is 16.5. The normalized spacial score (nSPS) is 31.6. The van der Waals surface area contributed by atoms with Gasteiger partial charge in [0.05, 0.1) is 0 Å². The van der Waals surface area contributed by atoms with E-state index in [2.05, 4.69) is 5.32 Å². The lowest BCUT2D eigenvalue weighted by molar-refractivity contribution is -0.153. The Labute approximate surface area is 145 Å². The summed E-state index contributed by atoms with van der Waals surface area (Å²) in [7, 11) is 0.